The van der Waals surface area contributed by atoms with E-state index in [1.54, 1.807) is 0 Å². The van der Waals surface area contributed by atoms with E-state index >= 15 is 0 Å². The summed E-state index contributed by atoms with van der Waals surface area (Å²) in [6.45, 7) is 4.61. The number of fused-ring (bicyclic) bond motifs is 1. The largest absolute Gasteiger partial charge is 0.0810 e. The maximum atomic E-state index is 2.30. The molecule has 13 heavy (non-hydrogen) atoms. The molecule has 0 N–H and O–H groups in total. The maximum absolute atomic E-state index is 2.30. The van der Waals surface area contributed by atoms with Gasteiger partial charge >= 0.3 is 0 Å². The van der Waals surface area contributed by atoms with Crippen molar-refractivity contribution in [1.29, 1.82) is 0 Å². The van der Waals surface area contributed by atoms with E-state index in [0.717, 1.165) is 0 Å². The topological polar surface area (TPSA) is 0 Å². The van der Waals surface area contributed by atoms with Gasteiger partial charge in [-0.1, -0.05) is 50.4 Å². The molecule has 0 spiro atoms. The van der Waals surface area contributed by atoms with E-state index in [1.165, 1.54) is 16.1 Å². The molecule has 0 nitrogen and oxygen atoms in total. The molecule has 0 saturated carbocycles. The van der Waals surface area contributed by atoms with Crippen LogP contribution in [0.5, 0.6) is 0 Å². The van der Waals surface area contributed by atoms with Crippen molar-refractivity contribution in [2.75, 3.05) is 13.3 Å². The van der Waals surface area contributed by atoms with Crippen LogP contribution in [0.1, 0.15) is 0 Å². The minimum Gasteiger partial charge on any atom is -0.0810 e. The first-order chi connectivity index (χ1) is 6.29. The summed E-state index contributed by atoms with van der Waals surface area (Å²) in [6.07, 6.45) is 0. The zero-order chi connectivity index (χ0) is 9.26. The van der Waals surface area contributed by atoms with Gasteiger partial charge in [-0.2, -0.15) is 0 Å². The van der Waals surface area contributed by atoms with Gasteiger partial charge in [0.15, 0.2) is 0 Å². The van der Waals surface area contributed by atoms with Crippen LogP contribution in [0.3, 0.4) is 0 Å². The Labute approximate surface area is 80.3 Å². The fraction of sp³-hybridized carbons (Fsp3) is 0.167. The van der Waals surface area contributed by atoms with Crippen LogP contribution >= 0.6 is 7.92 Å². The minimum atomic E-state index is 0.00463. The molecule has 0 heterocycles. The third-order valence-corrected chi connectivity index (χ3v) is 3.60. The highest BCUT2D eigenvalue weighted by Gasteiger charge is 2.02. The predicted octanol–water partition coefficient (Wildman–Crippen LogP) is 3.21. The summed E-state index contributed by atoms with van der Waals surface area (Å²) in [5.41, 5.74) is 0. The molecule has 2 aromatic rings. The van der Waals surface area contributed by atoms with Crippen LogP contribution in [0, 0.1) is 0 Å². The summed E-state index contributed by atoms with van der Waals surface area (Å²) < 4.78 is 0. The van der Waals surface area contributed by atoms with Crippen molar-refractivity contribution >= 4 is 24.0 Å². The quantitative estimate of drug-likeness (QED) is 0.603. The van der Waals surface area contributed by atoms with E-state index in [1.807, 2.05) is 0 Å². The van der Waals surface area contributed by atoms with Crippen LogP contribution in [0.4, 0.5) is 0 Å². The van der Waals surface area contributed by atoms with Gasteiger partial charge in [0.1, 0.15) is 0 Å². The average Bonchev–Trinajstić information content (AvgIpc) is 2.17. The Morgan fingerprint density at radius 2 is 1.54 bits per heavy atom. The van der Waals surface area contributed by atoms with E-state index < -0.39 is 0 Å². The molecule has 0 atom stereocenters. The molecule has 0 bridgehead atoms. The number of hydrogen-bond acceptors (Lipinski definition) is 0. The molecule has 0 amide bonds. The Bertz CT molecular complexity index is 413. The molecule has 2 rings (SSSR count). The fourth-order valence-electron chi connectivity index (χ4n) is 1.60. The van der Waals surface area contributed by atoms with Gasteiger partial charge < -0.3 is 0 Å². The van der Waals surface area contributed by atoms with Gasteiger partial charge in [0, 0.05) is 0 Å². The zero-order valence-electron chi connectivity index (χ0n) is 7.99. The van der Waals surface area contributed by atoms with Gasteiger partial charge in [0.25, 0.3) is 0 Å². The molecule has 0 unspecified atom stereocenters. The standard InChI is InChI=1S/C12H13P/c1-13(2)12-9-5-7-10-6-3-4-8-11(10)12/h3-9H,1-2H3. The smallest absolute Gasteiger partial charge is 0.0107 e. The van der Waals surface area contributed by atoms with Crippen LogP contribution in [0.15, 0.2) is 42.5 Å². The van der Waals surface area contributed by atoms with Crippen molar-refractivity contribution in [1.82, 2.24) is 0 Å². The first-order valence-electron chi connectivity index (χ1n) is 4.44. The zero-order valence-corrected chi connectivity index (χ0v) is 8.88. The third-order valence-electron chi connectivity index (χ3n) is 2.25. The molecule has 0 aromatic heterocycles. The molecule has 0 fully saturated rings. The van der Waals surface area contributed by atoms with E-state index in [-0.39, 0.29) is 7.92 Å². The predicted molar refractivity (Wildman–Crippen MR) is 62.4 cm³/mol. The molecule has 0 aliphatic heterocycles. The van der Waals surface area contributed by atoms with Crippen molar-refractivity contribution in [2.45, 2.75) is 0 Å². The summed E-state index contributed by atoms with van der Waals surface area (Å²) in [4.78, 5) is 0. The molecule has 66 valence electrons. The second-order valence-corrected chi connectivity index (χ2v) is 5.66. The lowest BCUT2D eigenvalue weighted by Crippen LogP contribution is -1.99. The lowest BCUT2D eigenvalue weighted by molar-refractivity contribution is 1.78. The molecule has 0 saturated heterocycles. The van der Waals surface area contributed by atoms with Crippen LogP contribution in [0.25, 0.3) is 10.8 Å². The summed E-state index contributed by atoms with van der Waals surface area (Å²) in [5, 5.41) is 4.28. The van der Waals surface area contributed by atoms with Gasteiger partial charge in [-0.15, -0.1) is 0 Å². The Hall–Kier alpha value is -0.870. The first-order valence-corrected chi connectivity index (χ1v) is 6.68. The summed E-state index contributed by atoms with van der Waals surface area (Å²) >= 11 is 0. The Balaban J connectivity index is 2.76. The highest BCUT2D eigenvalue weighted by atomic mass is 31.1. The summed E-state index contributed by atoms with van der Waals surface area (Å²) in [5.74, 6) is 0. The Morgan fingerprint density at radius 1 is 0.846 bits per heavy atom. The highest BCUT2D eigenvalue weighted by molar-refractivity contribution is 7.64. The Kier molecular flexibility index (Phi) is 2.33. The molecule has 0 radical (unpaired) electrons. The molecule has 0 aliphatic rings. The lowest BCUT2D eigenvalue weighted by Gasteiger charge is -2.09. The van der Waals surface area contributed by atoms with E-state index in [0.29, 0.717) is 0 Å². The SMILES string of the molecule is CP(C)c1cccc2ccccc12. The van der Waals surface area contributed by atoms with E-state index in [4.69, 9.17) is 0 Å². The van der Waals surface area contributed by atoms with Crippen molar-refractivity contribution in [3.8, 4) is 0 Å². The normalized spacial score (nSPS) is 11.0. The number of hydrogen-bond donors (Lipinski definition) is 0. The van der Waals surface area contributed by atoms with E-state index in [9.17, 15) is 0 Å². The average molecular weight is 188 g/mol. The molecular weight excluding hydrogens is 175 g/mol. The molecular formula is C12H13P. The van der Waals surface area contributed by atoms with Crippen LogP contribution in [0.2, 0.25) is 0 Å². The van der Waals surface area contributed by atoms with Gasteiger partial charge in [0.05, 0.1) is 0 Å². The highest BCUT2D eigenvalue weighted by Crippen LogP contribution is 2.28. The van der Waals surface area contributed by atoms with Gasteiger partial charge in [-0.3, -0.25) is 0 Å². The van der Waals surface area contributed by atoms with Crippen molar-refractivity contribution in [3.63, 3.8) is 0 Å². The minimum absolute atomic E-state index is 0.00463. The maximum Gasteiger partial charge on any atom is -0.0107 e. The monoisotopic (exact) mass is 188 g/mol. The third kappa shape index (κ3) is 1.59. The number of benzene rings is 2. The molecule has 1 heteroatoms. The summed E-state index contributed by atoms with van der Waals surface area (Å²) in [7, 11) is 0.00463. The molecule has 0 aliphatic carbocycles. The van der Waals surface area contributed by atoms with Crippen LogP contribution in [-0.4, -0.2) is 13.3 Å². The van der Waals surface area contributed by atoms with Crippen molar-refractivity contribution in [3.05, 3.63) is 42.5 Å². The van der Waals surface area contributed by atoms with Gasteiger partial charge in [-0.25, -0.2) is 0 Å². The first kappa shape index (κ1) is 8.72. The second-order valence-electron chi connectivity index (χ2n) is 3.39. The second kappa shape index (κ2) is 3.47. The van der Waals surface area contributed by atoms with Gasteiger partial charge in [-0.05, 0) is 29.4 Å². The lowest BCUT2D eigenvalue weighted by atomic mass is 10.1. The fourth-order valence-corrected chi connectivity index (χ4v) is 2.67. The van der Waals surface area contributed by atoms with Crippen molar-refractivity contribution < 1.29 is 0 Å². The van der Waals surface area contributed by atoms with Crippen LogP contribution in [-0.2, 0) is 0 Å². The van der Waals surface area contributed by atoms with Gasteiger partial charge in [0.2, 0.25) is 0 Å². The van der Waals surface area contributed by atoms with Crippen molar-refractivity contribution in [2.24, 2.45) is 0 Å². The van der Waals surface area contributed by atoms with Crippen LogP contribution < -0.4 is 5.30 Å². The number of rotatable bonds is 1. The Morgan fingerprint density at radius 3 is 2.31 bits per heavy atom. The molecule has 2 aromatic carbocycles. The van der Waals surface area contributed by atoms with E-state index in [2.05, 4.69) is 55.8 Å². The summed E-state index contributed by atoms with van der Waals surface area (Å²) in [6, 6.07) is 15.2.